The zero-order valence-electron chi connectivity index (χ0n) is 13.3. The highest BCUT2D eigenvalue weighted by Gasteiger charge is 2.48. The normalized spacial score (nSPS) is 17.7. The molecule has 0 spiro atoms. The molecule has 0 N–H and O–H groups in total. The highest BCUT2D eigenvalue weighted by atomic mass is 19.4. The predicted molar refractivity (Wildman–Crippen MR) is 82.4 cm³/mol. The summed E-state index contributed by atoms with van der Waals surface area (Å²) in [7, 11) is 0. The van der Waals surface area contributed by atoms with Crippen LogP contribution in [0.5, 0.6) is 0 Å². The molecule has 1 aromatic carbocycles. The second kappa shape index (κ2) is 5.61. The molecule has 0 aliphatic heterocycles. The number of fused-ring (bicyclic) bond motifs is 1. The standard InChI is InChI=1S/C18H16F3NO2/c1-10-3-5-12(6-4-10)22-11(2)9-14-15(22)8-7-13(16(14)23)17(24)18(19,20)21/h3-6,9,13H,7-8H2,1-2H3/t13-/m0/s1. The molecule has 6 heteroatoms. The number of rotatable bonds is 2. The molecular weight excluding hydrogens is 319 g/mol. The summed E-state index contributed by atoms with van der Waals surface area (Å²) in [5.41, 5.74) is 3.60. The maximum atomic E-state index is 12.7. The fraction of sp³-hybridized carbons (Fsp3) is 0.333. The van der Waals surface area contributed by atoms with Crippen molar-refractivity contribution < 1.29 is 22.8 Å². The SMILES string of the molecule is Cc1ccc(-n2c(C)cc3c2CC[C@H](C(=O)C(F)(F)F)C3=O)cc1. The van der Waals surface area contributed by atoms with Crippen LogP contribution in [0.15, 0.2) is 30.3 Å². The minimum Gasteiger partial charge on any atom is -0.317 e. The summed E-state index contributed by atoms with van der Waals surface area (Å²) in [5.74, 6) is -4.29. The molecule has 3 rings (SSSR count). The first-order chi connectivity index (χ1) is 11.2. The van der Waals surface area contributed by atoms with E-state index >= 15 is 0 Å². The Morgan fingerprint density at radius 1 is 1.17 bits per heavy atom. The van der Waals surface area contributed by atoms with E-state index in [0.29, 0.717) is 5.69 Å². The number of halogens is 3. The van der Waals surface area contributed by atoms with Crippen molar-refractivity contribution in [2.45, 2.75) is 32.9 Å². The average molecular weight is 335 g/mol. The third kappa shape index (κ3) is 2.66. The lowest BCUT2D eigenvalue weighted by Crippen LogP contribution is -2.38. The van der Waals surface area contributed by atoms with Gasteiger partial charge in [0.15, 0.2) is 5.78 Å². The number of hydrogen-bond acceptors (Lipinski definition) is 2. The summed E-state index contributed by atoms with van der Waals surface area (Å²) in [6.45, 7) is 3.75. The van der Waals surface area contributed by atoms with E-state index in [4.69, 9.17) is 0 Å². The Bertz CT molecular complexity index is 816. The van der Waals surface area contributed by atoms with Crippen molar-refractivity contribution >= 4 is 11.6 Å². The molecule has 1 heterocycles. The molecule has 0 amide bonds. The number of nitrogens with zero attached hydrogens (tertiary/aromatic N) is 1. The van der Waals surface area contributed by atoms with Crippen LogP contribution >= 0.6 is 0 Å². The maximum Gasteiger partial charge on any atom is 0.450 e. The second-order valence-corrected chi connectivity index (χ2v) is 6.13. The molecule has 0 unspecified atom stereocenters. The fourth-order valence-electron chi connectivity index (χ4n) is 3.25. The largest absolute Gasteiger partial charge is 0.450 e. The smallest absolute Gasteiger partial charge is 0.317 e. The molecule has 126 valence electrons. The third-order valence-electron chi connectivity index (χ3n) is 4.43. The Morgan fingerprint density at radius 2 is 1.79 bits per heavy atom. The van der Waals surface area contributed by atoms with Crippen LogP contribution in [-0.2, 0) is 11.2 Å². The molecule has 1 aliphatic carbocycles. The van der Waals surface area contributed by atoms with Crippen LogP contribution in [0.2, 0.25) is 0 Å². The first-order valence-electron chi connectivity index (χ1n) is 7.63. The number of aromatic nitrogens is 1. The number of Topliss-reactive ketones (excluding diaryl/α,β-unsaturated/α-hetero) is 2. The van der Waals surface area contributed by atoms with Crippen molar-refractivity contribution in [3.63, 3.8) is 0 Å². The molecule has 2 aromatic rings. The van der Waals surface area contributed by atoms with Gasteiger partial charge in [0.25, 0.3) is 0 Å². The first kappa shape index (κ1) is 16.5. The van der Waals surface area contributed by atoms with Gasteiger partial charge in [-0.1, -0.05) is 17.7 Å². The summed E-state index contributed by atoms with van der Waals surface area (Å²) in [6.07, 6.45) is -4.83. The van der Waals surface area contributed by atoms with Gasteiger partial charge in [-0.2, -0.15) is 13.2 Å². The fourth-order valence-corrected chi connectivity index (χ4v) is 3.25. The topological polar surface area (TPSA) is 39.1 Å². The van der Waals surface area contributed by atoms with Crippen LogP contribution in [0.4, 0.5) is 13.2 Å². The van der Waals surface area contributed by atoms with Crippen molar-refractivity contribution in [2.75, 3.05) is 0 Å². The van der Waals surface area contributed by atoms with E-state index < -0.39 is 23.7 Å². The number of aryl methyl sites for hydroxylation is 2. The Morgan fingerprint density at radius 3 is 2.38 bits per heavy atom. The monoisotopic (exact) mass is 335 g/mol. The summed E-state index contributed by atoms with van der Waals surface area (Å²) in [6, 6.07) is 9.25. The molecule has 0 saturated carbocycles. The molecule has 1 atom stereocenters. The van der Waals surface area contributed by atoms with Gasteiger partial charge in [-0.05, 0) is 44.9 Å². The van der Waals surface area contributed by atoms with Gasteiger partial charge in [0, 0.05) is 22.6 Å². The van der Waals surface area contributed by atoms with Crippen molar-refractivity contribution in [2.24, 2.45) is 5.92 Å². The Hall–Kier alpha value is -2.37. The van der Waals surface area contributed by atoms with E-state index in [9.17, 15) is 22.8 Å². The number of hydrogen-bond donors (Lipinski definition) is 0. The van der Waals surface area contributed by atoms with Gasteiger partial charge in [0.05, 0.1) is 5.92 Å². The van der Waals surface area contributed by atoms with Gasteiger partial charge in [0.2, 0.25) is 5.78 Å². The van der Waals surface area contributed by atoms with E-state index in [0.717, 1.165) is 16.9 Å². The maximum absolute atomic E-state index is 12.7. The molecule has 0 radical (unpaired) electrons. The molecule has 0 fully saturated rings. The number of ketones is 2. The lowest BCUT2D eigenvalue weighted by molar-refractivity contribution is -0.174. The summed E-state index contributed by atoms with van der Waals surface area (Å²) >= 11 is 0. The second-order valence-electron chi connectivity index (χ2n) is 6.13. The van der Waals surface area contributed by atoms with Gasteiger partial charge in [-0.25, -0.2) is 0 Å². The third-order valence-corrected chi connectivity index (χ3v) is 4.43. The van der Waals surface area contributed by atoms with Crippen LogP contribution in [0.25, 0.3) is 5.69 Å². The molecule has 0 saturated heterocycles. The van der Waals surface area contributed by atoms with Crippen LogP contribution in [0.1, 0.15) is 33.7 Å². The molecule has 1 aromatic heterocycles. The van der Waals surface area contributed by atoms with Crippen molar-refractivity contribution in [1.82, 2.24) is 4.57 Å². The highest BCUT2D eigenvalue weighted by Crippen LogP contribution is 2.34. The van der Waals surface area contributed by atoms with E-state index in [2.05, 4.69) is 0 Å². The minimum absolute atomic E-state index is 0.112. The lowest BCUT2D eigenvalue weighted by Gasteiger charge is -2.22. The van der Waals surface area contributed by atoms with Gasteiger partial charge in [-0.3, -0.25) is 9.59 Å². The zero-order chi connectivity index (χ0) is 17.6. The van der Waals surface area contributed by atoms with E-state index in [1.54, 1.807) is 13.0 Å². The highest BCUT2D eigenvalue weighted by molar-refractivity contribution is 6.13. The molecular formula is C18H16F3NO2. The number of benzene rings is 1. The van der Waals surface area contributed by atoms with Crippen LogP contribution < -0.4 is 0 Å². The lowest BCUT2D eigenvalue weighted by atomic mass is 9.83. The summed E-state index contributed by atoms with van der Waals surface area (Å²) < 4.78 is 39.9. The van der Waals surface area contributed by atoms with Crippen LogP contribution in [0, 0.1) is 19.8 Å². The zero-order valence-corrected chi connectivity index (χ0v) is 13.3. The number of carbonyl (C=O) groups is 2. The van der Waals surface area contributed by atoms with Crippen molar-refractivity contribution in [1.29, 1.82) is 0 Å². The van der Waals surface area contributed by atoms with Crippen molar-refractivity contribution in [3.05, 3.63) is 52.8 Å². The van der Waals surface area contributed by atoms with E-state index in [1.807, 2.05) is 35.8 Å². The van der Waals surface area contributed by atoms with E-state index in [1.165, 1.54) is 0 Å². The summed E-state index contributed by atoms with van der Waals surface area (Å²) in [4.78, 5) is 23.9. The van der Waals surface area contributed by atoms with Crippen molar-refractivity contribution in [3.8, 4) is 5.69 Å². The van der Waals surface area contributed by atoms with E-state index in [-0.39, 0.29) is 18.4 Å². The molecule has 1 aliphatic rings. The molecule has 3 nitrogen and oxygen atoms in total. The average Bonchev–Trinajstić information content (AvgIpc) is 2.84. The van der Waals surface area contributed by atoms with Gasteiger partial charge in [0.1, 0.15) is 0 Å². The quantitative estimate of drug-likeness (QED) is 0.779. The summed E-state index contributed by atoms with van der Waals surface area (Å²) in [5, 5.41) is 0. The number of carbonyl (C=O) groups excluding carboxylic acids is 2. The number of alkyl halides is 3. The van der Waals surface area contributed by atoms with Crippen LogP contribution in [0.3, 0.4) is 0 Å². The van der Waals surface area contributed by atoms with Gasteiger partial charge < -0.3 is 4.57 Å². The Balaban J connectivity index is 2.03. The Kier molecular flexibility index (Phi) is 3.86. The van der Waals surface area contributed by atoms with Gasteiger partial charge >= 0.3 is 6.18 Å². The first-order valence-corrected chi connectivity index (χ1v) is 7.63. The predicted octanol–water partition coefficient (Wildman–Crippen LogP) is 3.97. The molecule has 24 heavy (non-hydrogen) atoms. The molecule has 0 bridgehead atoms. The minimum atomic E-state index is -4.98. The van der Waals surface area contributed by atoms with Crippen LogP contribution in [-0.4, -0.2) is 22.3 Å². The Labute approximate surface area is 137 Å². The van der Waals surface area contributed by atoms with Gasteiger partial charge in [-0.15, -0.1) is 0 Å².